The van der Waals surface area contributed by atoms with Crippen LogP contribution in [0.2, 0.25) is 5.02 Å². The average Bonchev–Trinajstić information content (AvgIpc) is 2.60. The number of carbonyl (C=O) groups is 1. The van der Waals surface area contributed by atoms with E-state index in [1.54, 1.807) is 20.2 Å². The van der Waals surface area contributed by atoms with Crippen molar-refractivity contribution in [3.63, 3.8) is 0 Å². The molecule has 0 aromatic heterocycles. The van der Waals surface area contributed by atoms with E-state index in [1.807, 2.05) is 56.6 Å². The summed E-state index contributed by atoms with van der Waals surface area (Å²) in [7, 11) is 7.35. The summed E-state index contributed by atoms with van der Waals surface area (Å²) in [4.78, 5) is 15.3. The van der Waals surface area contributed by atoms with E-state index >= 15 is 0 Å². The number of nitrogens with zero attached hydrogens (tertiary/aromatic N) is 2. The van der Waals surface area contributed by atoms with E-state index < -0.39 is 6.09 Å². The molecule has 0 aliphatic rings. The molecule has 1 atom stereocenters. The van der Waals surface area contributed by atoms with Crippen molar-refractivity contribution in [3.8, 4) is 11.5 Å². The van der Waals surface area contributed by atoms with Crippen LogP contribution in [0, 0.1) is 0 Å². The molecule has 2 rings (SSSR count). The molecular weight excluding hydrogens is 352 g/mol. The van der Waals surface area contributed by atoms with Crippen molar-refractivity contribution in [2.24, 2.45) is 0 Å². The highest BCUT2D eigenvalue weighted by molar-refractivity contribution is 6.30. The van der Waals surface area contributed by atoms with Crippen LogP contribution in [0.15, 0.2) is 48.5 Å². The van der Waals surface area contributed by atoms with Crippen LogP contribution in [-0.4, -0.2) is 50.7 Å². The monoisotopic (exact) mass is 376 g/mol. The number of carbonyl (C=O) groups excluding carboxylic acids is 1. The molecule has 1 amide bonds. The van der Waals surface area contributed by atoms with Gasteiger partial charge in [0, 0.05) is 31.6 Å². The molecule has 2 aromatic carbocycles. The van der Waals surface area contributed by atoms with Crippen molar-refractivity contribution in [2.45, 2.75) is 12.5 Å². The Morgan fingerprint density at radius 1 is 1.04 bits per heavy atom. The molecule has 0 radical (unpaired) electrons. The first kappa shape index (κ1) is 20.1. The van der Waals surface area contributed by atoms with Crippen LogP contribution >= 0.6 is 11.6 Å². The molecule has 6 heteroatoms. The second kappa shape index (κ2) is 9.46. The molecule has 140 valence electrons. The van der Waals surface area contributed by atoms with Gasteiger partial charge in [-0.05, 0) is 56.1 Å². The van der Waals surface area contributed by atoms with E-state index in [-0.39, 0.29) is 6.04 Å². The molecule has 0 aliphatic carbocycles. The van der Waals surface area contributed by atoms with Gasteiger partial charge in [-0.2, -0.15) is 0 Å². The lowest BCUT2D eigenvalue weighted by atomic mass is 10.0. The Labute approximate surface area is 160 Å². The number of rotatable bonds is 7. The molecule has 26 heavy (non-hydrogen) atoms. The quantitative estimate of drug-likeness (QED) is 0.714. The van der Waals surface area contributed by atoms with Crippen LogP contribution in [0.5, 0.6) is 11.5 Å². The van der Waals surface area contributed by atoms with Gasteiger partial charge in [-0.1, -0.05) is 23.7 Å². The molecular formula is C20H25ClN2O3. The first-order valence-electron chi connectivity index (χ1n) is 8.40. The third-order valence-corrected chi connectivity index (χ3v) is 4.16. The highest BCUT2D eigenvalue weighted by Gasteiger charge is 2.16. The van der Waals surface area contributed by atoms with Crippen molar-refractivity contribution in [3.05, 3.63) is 59.1 Å². The molecule has 0 N–H and O–H groups in total. The number of halogens is 1. The van der Waals surface area contributed by atoms with E-state index in [9.17, 15) is 4.79 Å². The third-order valence-electron chi connectivity index (χ3n) is 3.91. The summed E-state index contributed by atoms with van der Waals surface area (Å²) in [6, 6.07) is 15.1. The fraction of sp³-hybridized carbons (Fsp3) is 0.350. The topological polar surface area (TPSA) is 42.0 Å². The average molecular weight is 377 g/mol. The Morgan fingerprint density at radius 3 is 2.35 bits per heavy atom. The second-order valence-electron chi connectivity index (χ2n) is 6.41. The summed E-state index contributed by atoms with van der Waals surface area (Å²) in [5.41, 5.74) is 1.07. The molecule has 0 saturated heterocycles. The van der Waals surface area contributed by atoms with Gasteiger partial charge in [-0.3, -0.25) is 0 Å². The van der Waals surface area contributed by atoms with E-state index in [0.717, 1.165) is 17.7 Å². The minimum Gasteiger partial charge on any atom is -0.494 e. The number of benzene rings is 2. The first-order valence-corrected chi connectivity index (χ1v) is 8.78. The number of amides is 1. The van der Waals surface area contributed by atoms with Gasteiger partial charge in [0.15, 0.2) is 0 Å². The summed E-state index contributed by atoms with van der Waals surface area (Å²) in [5, 5.41) is 0.688. The van der Waals surface area contributed by atoms with Crippen molar-refractivity contribution < 1.29 is 14.3 Å². The van der Waals surface area contributed by atoms with E-state index in [4.69, 9.17) is 21.1 Å². The predicted octanol–water partition coefficient (Wildman–Crippen LogP) is 4.47. The number of hydrogen-bond acceptors (Lipinski definition) is 4. The van der Waals surface area contributed by atoms with E-state index in [0.29, 0.717) is 17.4 Å². The van der Waals surface area contributed by atoms with Crippen molar-refractivity contribution in [1.82, 2.24) is 9.80 Å². The van der Waals surface area contributed by atoms with Gasteiger partial charge in [-0.25, -0.2) is 4.79 Å². The second-order valence-corrected chi connectivity index (χ2v) is 6.84. The Balaban J connectivity index is 2.02. The molecule has 0 fully saturated rings. The molecule has 2 aromatic rings. The Bertz CT molecular complexity index is 717. The molecule has 0 saturated carbocycles. The van der Waals surface area contributed by atoms with Crippen LogP contribution in [-0.2, 0) is 0 Å². The highest BCUT2D eigenvalue weighted by atomic mass is 35.5. The van der Waals surface area contributed by atoms with Crippen LogP contribution in [0.4, 0.5) is 4.79 Å². The summed E-state index contributed by atoms with van der Waals surface area (Å²) in [6.45, 7) is 0.562. The lowest BCUT2D eigenvalue weighted by molar-refractivity contribution is 0.171. The molecule has 0 aliphatic heterocycles. The predicted molar refractivity (Wildman–Crippen MR) is 104 cm³/mol. The number of ether oxygens (including phenoxy) is 2. The third kappa shape index (κ3) is 5.93. The van der Waals surface area contributed by atoms with Gasteiger partial charge in [0.1, 0.15) is 11.5 Å². The molecule has 5 nitrogen and oxygen atoms in total. The van der Waals surface area contributed by atoms with Gasteiger partial charge < -0.3 is 19.3 Å². The Kier molecular flexibility index (Phi) is 7.30. The minimum atomic E-state index is -0.394. The largest absolute Gasteiger partial charge is 0.494 e. The van der Waals surface area contributed by atoms with Crippen molar-refractivity contribution in [2.75, 3.05) is 34.8 Å². The normalized spacial score (nSPS) is 11.9. The zero-order valence-electron chi connectivity index (χ0n) is 15.6. The highest BCUT2D eigenvalue weighted by Crippen LogP contribution is 2.26. The first-order chi connectivity index (χ1) is 12.4. The van der Waals surface area contributed by atoms with E-state index in [1.165, 1.54) is 4.90 Å². The molecule has 0 bridgehead atoms. The zero-order valence-corrected chi connectivity index (χ0v) is 16.4. The summed E-state index contributed by atoms with van der Waals surface area (Å²) < 4.78 is 11.2. The van der Waals surface area contributed by atoms with Gasteiger partial charge in [0.05, 0.1) is 6.61 Å². The standard InChI is InChI=1S/C20H25ClN2O3/c1-22(2)19(12-13-25-17-10-8-16(21)9-11-17)15-6-5-7-18(14-15)26-20(24)23(3)4/h5-11,14,19H,12-13H2,1-4H3. The Morgan fingerprint density at radius 2 is 1.73 bits per heavy atom. The maximum atomic E-state index is 11.7. The summed E-state index contributed by atoms with van der Waals surface area (Å²) >= 11 is 5.89. The molecule has 0 heterocycles. The van der Waals surface area contributed by atoms with E-state index in [2.05, 4.69) is 4.90 Å². The van der Waals surface area contributed by atoms with Crippen LogP contribution in [0.1, 0.15) is 18.0 Å². The lowest BCUT2D eigenvalue weighted by Gasteiger charge is -2.25. The number of hydrogen-bond donors (Lipinski definition) is 0. The minimum absolute atomic E-state index is 0.139. The SMILES string of the molecule is CN(C)C(=O)Oc1cccc(C(CCOc2ccc(Cl)cc2)N(C)C)c1. The van der Waals surface area contributed by atoms with Crippen molar-refractivity contribution >= 4 is 17.7 Å². The Hall–Kier alpha value is -2.24. The molecule has 1 unspecified atom stereocenters. The molecule has 0 spiro atoms. The fourth-order valence-electron chi connectivity index (χ4n) is 2.52. The van der Waals surface area contributed by atoms with Gasteiger partial charge >= 0.3 is 6.09 Å². The zero-order chi connectivity index (χ0) is 19.1. The summed E-state index contributed by atoms with van der Waals surface area (Å²) in [5.74, 6) is 1.33. The maximum absolute atomic E-state index is 11.7. The van der Waals surface area contributed by atoms with Gasteiger partial charge in [-0.15, -0.1) is 0 Å². The lowest BCUT2D eigenvalue weighted by Crippen LogP contribution is -2.25. The van der Waals surface area contributed by atoms with Crippen molar-refractivity contribution in [1.29, 1.82) is 0 Å². The van der Waals surface area contributed by atoms with Gasteiger partial charge in [0.25, 0.3) is 0 Å². The smallest absolute Gasteiger partial charge is 0.414 e. The van der Waals surface area contributed by atoms with Crippen LogP contribution < -0.4 is 9.47 Å². The van der Waals surface area contributed by atoms with Gasteiger partial charge in [0.2, 0.25) is 0 Å². The fourth-order valence-corrected chi connectivity index (χ4v) is 2.65. The maximum Gasteiger partial charge on any atom is 0.414 e. The van der Waals surface area contributed by atoms with Crippen LogP contribution in [0.3, 0.4) is 0 Å². The van der Waals surface area contributed by atoms with Crippen LogP contribution in [0.25, 0.3) is 0 Å². The summed E-state index contributed by atoms with van der Waals surface area (Å²) in [6.07, 6.45) is 0.399.